The molecule has 8 nitrogen and oxygen atoms in total. The molecule has 2 heterocycles. The maximum atomic E-state index is 13.7. The third kappa shape index (κ3) is 6.24. The summed E-state index contributed by atoms with van der Waals surface area (Å²) < 4.78 is 7.72. The Morgan fingerprint density at radius 2 is 1.77 bits per heavy atom. The molecule has 1 atom stereocenters. The lowest BCUT2D eigenvalue weighted by molar-refractivity contribution is -0.113. The monoisotopic (exact) mass is 637 g/mol. The normalized spacial score (nSPS) is 14.3. The fourth-order valence-corrected chi connectivity index (χ4v) is 5.45. The molecule has 1 aliphatic heterocycles. The van der Waals surface area contributed by atoms with Crippen LogP contribution in [0.25, 0.3) is 0 Å². The molecule has 0 bridgehead atoms. The standard InChI is InChI=1S/C29H25BrClN5O3S/c1-3-39-27(38)20-8-14-23(15-9-20)33-26(37)24-17(2)32-28-34-29(40-16-18-4-12-22(31)13-5-18)35-36(28)25(24)19-6-10-21(30)11-7-19/h4-15,25H,3,16H2,1-2H3,(H,33,37)(H,32,34,35)/t25-/m0/s1. The number of halogens is 2. The summed E-state index contributed by atoms with van der Waals surface area (Å²) in [7, 11) is 0. The van der Waals surface area contributed by atoms with E-state index < -0.39 is 12.0 Å². The molecule has 0 saturated heterocycles. The average Bonchev–Trinajstić information content (AvgIpc) is 3.35. The lowest BCUT2D eigenvalue weighted by Crippen LogP contribution is -2.31. The van der Waals surface area contributed by atoms with Crippen molar-refractivity contribution in [3.63, 3.8) is 0 Å². The van der Waals surface area contributed by atoms with E-state index in [1.165, 1.54) is 11.8 Å². The number of ether oxygens (including phenoxy) is 1. The topological polar surface area (TPSA) is 98.1 Å². The van der Waals surface area contributed by atoms with E-state index >= 15 is 0 Å². The van der Waals surface area contributed by atoms with Gasteiger partial charge in [0.05, 0.1) is 17.7 Å². The van der Waals surface area contributed by atoms with Crippen LogP contribution in [-0.4, -0.2) is 33.2 Å². The molecule has 1 aromatic heterocycles. The van der Waals surface area contributed by atoms with Gasteiger partial charge in [0.2, 0.25) is 11.1 Å². The Morgan fingerprint density at radius 3 is 2.45 bits per heavy atom. The molecule has 2 N–H and O–H groups in total. The van der Waals surface area contributed by atoms with Gasteiger partial charge in [-0.2, -0.15) is 4.98 Å². The average molecular weight is 639 g/mol. The molecule has 5 rings (SSSR count). The Kier molecular flexibility index (Phi) is 8.58. The van der Waals surface area contributed by atoms with E-state index in [9.17, 15) is 9.59 Å². The lowest BCUT2D eigenvalue weighted by atomic mass is 9.95. The Hall–Kier alpha value is -3.60. The zero-order valence-corrected chi connectivity index (χ0v) is 24.8. The lowest BCUT2D eigenvalue weighted by Gasteiger charge is -2.28. The highest BCUT2D eigenvalue weighted by molar-refractivity contribution is 9.10. The molecule has 0 unspecified atom stereocenters. The van der Waals surface area contributed by atoms with Gasteiger partial charge >= 0.3 is 5.97 Å². The first-order chi connectivity index (χ1) is 19.3. The van der Waals surface area contributed by atoms with Crippen molar-refractivity contribution < 1.29 is 14.3 Å². The summed E-state index contributed by atoms with van der Waals surface area (Å²) in [5.74, 6) is 0.525. The molecule has 0 saturated carbocycles. The Bertz CT molecular complexity index is 1570. The maximum absolute atomic E-state index is 13.7. The van der Waals surface area contributed by atoms with Gasteiger partial charge in [-0.05, 0) is 73.5 Å². The van der Waals surface area contributed by atoms with Gasteiger partial charge in [0.15, 0.2) is 0 Å². The minimum atomic E-state index is -0.513. The predicted molar refractivity (Wildman–Crippen MR) is 161 cm³/mol. The molecule has 0 radical (unpaired) electrons. The van der Waals surface area contributed by atoms with E-state index in [0.29, 0.717) is 51.0 Å². The molecule has 0 spiro atoms. The van der Waals surface area contributed by atoms with Gasteiger partial charge in [0.1, 0.15) is 6.04 Å². The predicted octanol–water partition coefficient (Wildman–Crippen LogP) is 7.09. The zero-order valence-electron chi connectivity index (χ0n) is 21.7. The molecule has 204 valence electrons. The second-order valence-electron chi connectivity index (χ2n) is 8.95. The summed E-state index contributed by atoms with van der Waals surface area (Å²) >= 11 is 11.0. The first-order valence-electron chi connectivity index (χ1n) is 12.5. The van der Waals surface area contributed by atoms with Crippen LogP contribution in [0.4, 0.5) is 11.6 Å². The molecular formula is C29H25BrClN5O3S. The highest BCUT2D eigenvalue weighted by Crippen LogP contribution is 2.37. The smallest absolute Gasteiger partial charge is 0.338 e. The van der Waals surface area contributed by atoms with E-state index in [0.717, 1.165) is 15.6 Å². The first-order valence-corrected chi connectivity index (χ1v) is 14.6. The number of carbonyl (C=O) groups is 2. The van der Waals surface area contributed by atoms with Crippen LogP contribution in [0.5, 0.6) is 0 Å². The number of nitrogens with one attached hydrogen (secondary N) is 2. The number of benzene rings is 3. The Balaban J connectivity index is 1.42. The van der Waals surface area contributed by atoms with Crippen LogP contribution in [0.15, 0.2) is 93.7 Å². The zero-order chi connectivity index (χ0) is 28.2. The van der Waals surface area contributed by atoms with Gasteiger partial charge < -0.3 is 15.4 Å². The number of hydrogen-bond acceptors (Lipinski definition) is 7. The minimum absolute atomic E-state index is 0.292. The fourth-order valence-electron chi connectivity index (χ4n) is 4.27. The number of amides is 1. The molecule has 1 aliphatic rings. The van der Waals surface area contributed by atoms with Crippen LogP contribution in [-0.2, 0) is 15.3 Å². The summed E-state index contributed by atoms with van der Waals surface area (Å²) in [6, 6.07) is 21.5. The number of esters is 1. The second-order valence-corrected chi connectivity index (χ2v) is 11.2. The van der Waals surface area contributed by atoms with Crippen LogP contribution in [0.3, 0.4) is 0 Å². The Morgan fingerprint density at radius 1 is 1.07 bits per heavy atom. The number of allylic oxidation sites excluding steroid dienone is 1. The molecule has 0 aliphatic carbocycles. The molecule has 0 fully saturated rings. The first kappa shape index (κ1) is 27.9. The number of carbonyl (C=O) groups excluding carboxylic acids is 2. The molecular weight excluding hydrogens is 614 g/mol. The highest BCUT2D eigenvalue weighted by atomic mass is 79.9. The molecule has 3 aromatic carbocycles. The van der Waals surface area contributed by atoms with Gasteiger partial charge in [-0.1, -0.05) is 63.6 Å². The Labute approximate surface area is 249 Å². The number of aromatic nitrogens is 3. The third-order valence-electron chi connectivity index (χ3n) is 6.20. The van der Waals surface area contributed by atoms with Gasteiger partial charge in [0, 0.05) is 26.6 Å². The van der Waals surface area contributed by atoms with Gasteiger partial charge in [0.25, 0.3) is 5.91 Å². The number of fused-ring (bicyclic) bond motifs is 1. The van der Waals surface area contributed by atoms with Crippen molar-refractivity contribution in [2.24, 2.45) is 0 Å². The van der Waals surface area contributed by atoms with Crippen LogP contribution >= 0.6 is 39.3 Å². The van der Waals surface area contributed by atoms with E-state index in [2.05, 4.69) is 26.6 Å². The molecule has 4 aromatic rings. The number of rotatable bonds is 8. The SMILES string of the molecule is CCOC(=O)c1ccc(NC(=O)C2=C(C)Nc3nc(SCc4ccc(Cl)cc4)nn3[C@H]2c2ccc(Br)cc2)cc1. The van der Waals surface area contributed by atoms with Crippen molar-refractivity contribution in [3.8, 4) is 0 Å². The minimum Gasteiger partial charge on any atom is -0.462 e. The van der Waals surface area contributed by atoms with Crippen molar-refractivity contribution in [3.05, 3.63) is 110 Å². The molecule has 40 heavy (non-hydrogen) atoms. The summed E-state index contributed by atoms with van der Waals surface area (Å²) in [5.41, 5.74) is 4.12. The molecule has 1 amide bonds. The number of hydrogen-bond donors (Lipinski definition) is 2. The number of nitrogens with zero attached hydrogens (tertiary/aromatic N) is 3. The third-order valence-corrected chi connectivity index (χ3v) is 7.89. The largest absolute Gasteiger partial charge is 0.462 e. The van der Waals surface area contributed by atoms with Crippen molar-refractivity contribution in [1.29, 1.82) is 0 Å². The van der Waals surface area contributed by atoms with Crippen molar-refractivity contribution in [1.82, 2.24) is 14.8 Å². The van der Waals surface area contributed by atoms with Crippen LogP contribution in [0.2, 0.25) is 5.02 Å². The quantitative estimate of drug-likeness (QED) is 0.157. The van der Waals surface area contributed by atoms with Crippen molar-refractivity contribution in [2.75, 3.05) is 17.2 Å². The van der Waals surface area contributed by atoms with E-state index in [1.807, 2.05) is 55.5 Å². The van der Waals surface area contributed by atoms with Crippen LogP contribution in [0, 0.1) is 0 Å². The van der Waals surface area contributed by atoms with E-state index in [-0.39, 0.29) is 5.91 Å². The van der Waals surface area contributed by atoms with E-state index in [4.69, 9.17) is 26.4 Å². The van der Waals surface area contributed by atoms with Gasteiger partial charge in [-0.3, -0.25) is 4.79 Å². The van der Waals surface area contributed by atoms with Gasteiger partial charge in [-0.25, -0.2) is 9.48 Å². The highest BCUT2D eigenvalue weighted by Gasteiger charge is 2.34. The van der Waals surface area contributed by atoms with Crippen molar-refractivity contribution in [2.45, 2.75) is 30.8 Å². The summed E-state index contributed by atoms with van der Waals surface area (Å²) in [4.78, 5) is 30.4. The summed E-state index contributed by atoms with van der Waals surface area (Å²) in [6.45, 7) is 3.90. The number of thioether (sulfide) groups is 1. The van der Waals surface area contributed by atoms with Gasteiger partial charge in [-0.15, -0.1) is 5.10 Å². The summed E-state index contributed by atoms with van der Waals surface area (Å²) in [5, 5.41) is 12.3. The fraction of sp³-hybridized carbons (Fsp3) is 0.172. The maximum Gasteiger partial charge on any atom is 0.338 e. The molecule has 11 heteroatoms. The van der Waals surface area contributed by atoms with Crippen LogP contribution in [0.1, 0.15) is 41.4 Å². The van der Waals surface area contributed by atoms with E-state index in [1.54, 1.807) is 35.9 Å². The second kappa shape index (κ2) is 12.3. The number of anilines is 2. The van der Waals surface area contributed by atoms with Crippen molar-refractivity contribution >= 4 is 62.8 Å². The summed E-state index contributed by atoms with van der Waals surface area (Å²) in [6.07, 6.45) is 0. The van der Waals surface area contributed by atoms with Crippen LogP contribution < -0.4 is 10.6 Å².